The van der Waals surface area contributed by atoms with Crippen LogP contribution in [0.25, 0.3) is 0 Å². The summed E-state index contributed by atoms with van der Waals surface area (Å²) in [6.45, 7) is 5.82. The molecular formula is C26H34ClN3O5S. The monoisotopic (exact) mass is 535 g/mol. The van der Waals surface area contributed by atoms with Gasteiger partial charge in [0.2, 0.25) is 0 Å². The van der Waals surface area contributed by atoms with Gasteiger partial charge in [0.1, 0.15) is 11.9 Å². The van der Waals surface area contributed by atoms with E-state index in [2.05, 4.69) is 23.6 Å². The Morgan fingerprint density at radius 1 is 1.19 bits per heavy atom. The highest BCUT2D eigenvalue weighted by atomic mass is 35.5. The number of carbonyl (C=O) groups is 1. The van der Waals surface area contributed by atoms with E-state index in [0.29, 0.717) is 23.9 Å². The van der Waals surface area contributed by atoms with Gasteiger partial charge in [-0.1, -0.05) is 18.5 Å². The quantitative estimate of drug-likeness (QED) is 0.508. The van der Waals surface area contributed by atoms with E-state index < -0.39 is 16.1 Å². The van der Waals surface area contributed by atoms with E-state index in [1.165, 1.54) is 43.2 Å². The summed E-state index contributed by atoms with van der Waals surface area (Å²) in [6, 6.07) is 10.2. The number of ether oxygens (including phenoxy) is 1. The van der Waals surface area contributed by atoms with Gasteiger partial charge in [-0.25, -0.2) is 8.42 Å². The van der Waals surface area contributed by atoms with Crippen LogP contribution < -0.4 is 9.46 Å². The van der Waals surface area contributed by atoms with Gasteiger partial charge in [0.25, 0.3) is 15.9 Å². The van der Waals surface area contributed by atoms with E-state index in [4.69, 9.17) is 16.3 Å². The molecule has 10 heteroatoms. The fourth-order valence-corrected chi connectivity index (χ4v) is 5.63. The Morgan fingerprint density at radius 3 is 2.53 bits per heavy atom. The minimum atomic E-state index is -3.89. The van der Waals surface area contributed by atoms with E-state index in [9.17, 15) is 18.3 Å². The van der Waals surface area contributed by atoms with Gasteiger partial charge in [0.15, 0.2) is 0 Å². The summed E-state index contributed by atoms with van der Waals surface area (Å²) in [7, 11) is -1.80. The topological polar surface area (TPSA) is 99.2 Å². The summed E-state index contributed by atoms with van der Waals surface area (Å²) in [5.74, 6) is 0.868. The molecule has 2 N–H and O–H groups in total. The number of rotatable bonds is 9. The first-order chi connectivity index (χ1) is 17.1. The Kier molecular flexibility index (Phi) is 8.14. The number of benzene rings is 2. The Bertz CT molecular complexity index is 1190. The highest BCUT2D eigenvalue weighted by Crippen LogP contribution is 2.33. The van der Waals surface area contributed by atoms with Gasteiger partial charge < -0.3 is 19.6 Å². The average Bonchev–Trinajstić information content (AvgIpc) is 3.65. The molecule has 36 heavy (non-hydrogen) atoms. The number of aliphatic hydroxyl groups is 1. The molecule has 0 unspecified atom stereocenters. The van der Waals surface area contributed by atoms with Crippen LogP contribution in [0, 0.1) is 11.8 Å². The zero-order valence-corrected chi connectivity index (χ0v) is 22.4. The second kappa shape index (κ2) is 11.0. The van der Waals surface area contributed by atoms with Gasteiger partial charge in [-0.15, -0.1) is 0 Å². The summed E-state index contributed by atoms with van der Waals surface area (Å²) in [4.78, 5) is 17.6. The fourth-order valence-electron chi connectivity index (χ4n) is 4.45. The number of nitrogens with one attached hydrogen (secondary N) is 1. The normalized spacial score (nSPS) is 21.4. The first-order valence-electron chi connectivity index (χ1n) is 12.3. The number of amides is 1. The van der Waals surface area contributed by atoms with Crippen LogP contribution in [0.5, 0.6) is 5.75 Å². The molecule has 0 aromatic heterocycles. The Hall–Kier alpha value is -2.33. The van der Waals surface area contributed by atoms with Crippen molar-refractivity contribution in [3.05, 3.63) is 53.1 Å². The standard InChI is InChI=1S/C26H34ClN3O5S/c1-17-13-30(18(2)16-31)26(32)23-12-21(28-36(33,34)22-9-6-20(27)7-10-22)8-11-24(23)35-25(17)15-29(3)14-19-4-5-19/h6-12,17-19,25,28,31H,4-5,13-16H2,1-3H3/t17-,18+,25+/m0/s1. The highest BCUT2D eigenvalue weighted by molar-refractivity contribution is 7.92. The molecule has 1 amide bonds. The largest absolute Gasteiger partial charge is 0.488 e. The molecule has 2 aromatic rings. The van der Waals surface area contributed by atoms with Gasteiger partial charge in [0, 0.05) is 36.3 Å². The zero-order chi connectivity index (χ0) is 26.0. The molecular weight excluding hydrogens is 502 g/mol. The summed E-state index contributed by atoms with van der Waals surface area (Å²) in [6.07, 6.45) is 2.35. The predicted octanol–water partition coefficient (Wildman–Crippen LogP) is 3.70. The SMILES string of the molecule is C[C@H](CO)N1C[C@H](C)[C@@H](CN(C)CC2CC2)Oc2ccc(NS(=O)(=O)c3ccc(Cl)cc3)cc2C1=O. The zero-order valence-electron chi connectivity index (χ0n) is 20.9. The minimum Gasteiger partial charge on any atom is -0.488 e. The third kappa shape index (κ3) is 6.32. The van der Waals surface area contributed by atoms with Crippen LogP contribution in [-0.4, -0.2) is 74.7 Å². The van der Waals surface area contributed by atoms with Crippen LogP contribution in [0.4, 0.5) is 5.69 Å². The third-order valence-electron chi connectivity index (χ3n) is 6.80. The lowest BCUT2D eigenvalue weighted by Gasteiger charge is -2.38. The molecule has 4 rings (SSSR count). The van der Waals surface area contributed by atoms with Crippen molar-refractivity contribution in [3.63, 3.8) is 0 Å². The van der Waals surface area contributed by atoms with Crippen molar-refractivity contribution in [1.82, 2.24) is 9.80 Å². The number of aliphatic hydroxyl groups excluding tert-OH is 1. The number of carbonyl (C=O) groups excluding carboxylic acids is 1. The molecule has 1 aliphatic heterocycles. The lowest BCUT2D eigenvalue weighted by Crippen LogP contribution is -2.50. The number of hydrogen-bond donors (Lipinski definition) is 2. The molecule has 1 aliphatic carbocycles. The minimum absolute atomic E-state index is 0.0286. The first kappa shape index (κ1) is 26.7. The van der Waals surface area contributed by atoms with Gasteiger partial charge in [-0.2, -0.15) is 0 Å². The van der Waals surface area contributed by atoms with Crippen LogP contribution in [-0.2, 0) is 10.0 Å². The number of likely N-dealkylation sites (N-methyl/N-ethyl adjacent to an activating group) is 1. The van der Waals surface area contributed by atoms with Crippen molar-refractivity contribution >= 4 is 33.2 Å². The third-order valence-corrected chi connectivity index (χ3v) is 8.45. The van der Waals surface area contributed by atoms with Crippen LogP contribution in [0.2, 0.25) is 5.02 Å². The number of hydrogen-bond acceptors (Lipinski definition) is 6. The molecule has 1 fully saturated rings. The number of anilines is 1. The maximum absolute atomic E-state index is 13.6. The van der Waals surface area contributed by atoms with Gasteiger partial charge in [0.05, 0.1) is 23.1 Å². The Morgan fingerprint density at radius 2 is 1.89 bits per heavy atom. The molecule has 8 nitrogen and oxygen atoms in total. The van der Waals surface area contributed by atoms with Crippen molar-refractivity contribution in [2.45, 2.75) is 43.7 Å². The molecule has 1 heterocycles. The van der Waals surface area contributed by atoms with Crippen molar-refractivity contribution in [3.8, 4) is 5.75 Å². The molecule has 2 aromatic carbocycles. The molecule has 196 valence electrons. The lowest BCUT2D eigenvalue weighted by atomic mass is 9.99. The number of fused-ring (bicyclic) bond motifs is 1. The first-order valence-corrected chi connectivity index (χ1v) is 14.1. The molecule has 0 radical (unpaired) electrons. The predicted molar refractivity (Wildman–Crippen MR) is 140 cm³/mol. The second-order valence-corrected chi connectivity index (χ2v) is 12.2. The molecule has 0 bridgehead atoms. The Labute approximate surface area is 218 Å². The maximum Gasteiger partial charge on any atom is 0.261 e. The van der Waals surface area contributed by atoms with Gasteiger partial charge >= 0.3 is 0 Å². The van der Waals surface area contributed by atoms with Crippen LogP contribution in [0.15, 0.2) is 47.4 Å². The number of sulfonamides is 1. The lowest BCUT2D eigenvalue weighted by molar-refractivity contribution is 0.0344. The van der Waals surface area contributed by atoms with Gasteiger partial charge in [-0.05, 0) is 75.2 Å². The van der Waals surface area contributed by atoms with E-state index in [0.717, 1.165) is 12.5 Å². The van der Waals surface area contributed by atoms with Gasteiger partial charge in [-0.3, -0.25) is 9.52 Å². The van der Waals surface area contributed by atoms with Crippen molar-refractivity contribution in [1.29, 1.82) is 0 Å². The molecule has 3 atom stereocenters. The van der Waals surface area contributed by atoms with E-state index in [-0.39, 0.29) is 40.7 Å². The van der Waals surface area contributed by atoms with Crippen LogP contribution in [0.1, 0.15) is 37.0 Å². The van der Waals surface area contributed by atoms with E-state index in [1.54, 1.807) is 24.0 Å². The van der Waals surface area contributed by atoms with Crippen LogP contribution in [0.3, 0.4) is 0 Å². The average molecular weight is 536 g/mol. The van der Waals surface area contributed by atoms with Crippen molar-refractivity contribution in [2.75, 3.05) is 38.0 Å². The number of nitrogens with zero attached hydrogens (tertiary/aromatic N) is 2. The van der Waals surface area contributed by atoms with E-state index >= 15 is 0 Å². The molecule has 1 saturated carbocycles. The van der Waals surface area contributed by atoms with Crippen LogP contribution >= 0.6 is 11.6 Å². The van der Waals surface area contributed by atoms with E-state index in [1.807, 2.05) is 0 Å². The van der Waals surface area contributed by atoms with Crippen molar-refractivity contribution in [2.24, 2.45) is 11.8 Å². The molecule has 0 saturated heterocycles. The second-order valence-electron chi connectivity index (χ2n) is 10.1. The summed E-state index contributed by atoms with van der Waals surface area (Å²) < 4.78 is 34.7. The number of halogens is 1. The van der Waals surface area contributed by atoms with Crippen molar-refractivity contribution < 1.29 is 23.1 Å². The smallest absolute Gasteiger partial charge is 0.261 e. The summed E-state index contributed by atoms with van der Waals surface area (Å²) in [5.41, 5.74) is 0.502. The summed E-state index contributed by atoms with van der Waals surface area (Å²) in [5, 5.41) is 10.3. The maximum atomic E-state index is 13.6. The Balaban J connectivity index is 1.64. The fraction of sp³-hybridized carbons (Fsp3) is 0.500. The molecule has 2 aliphatic rings. The molecule has 0 spiro atoms. The summed E-state index contributed by atoms with van der Waals surface area (Å²) >= 11 is 5.89. The highest BCUT2D eigenvalue weighted by Gasteiger charge is 2.34.